The van der Waals surface area contributed by atoms with Gasteiger partial charge in [0, 0.05) is 26.3 Å². The van der Waals surface area contributed by atoms with Gasteiger partial charge in [0.2, 0.25) is 0 Å². The van der Waals surface area contributed by atoms with Crippen LogP contribution in [0.5, 0.6) is 0 Å². The van der Waals surface area contributed by atoms with Crippen LogP contribution in [0.25, 0.3) is 0 Å². The molecule has 0 radical (unpaired) electrons. The van der Waals surface area contributed by atoms with E-state index in [1.165, 1.54) is 12.8 Å². The van der Waals surface area contributed by atoms with Gasteiger partial charge in [-0.3, -0.25) is 4.79 Å². The molecule has 4 nitrogen and oxygen atoms in total. The number of amides is 1. The fourth-order valence-electron chi connectivity index (χ4n) is 2.51. The fraction of sp³-hybridized carbons (Fsp3) is 0.571. The SMILES string of the molecule is CCCC1CCN(C(=O)c2ccc(NC)nc2)C1. The summed E-state index contributed by atoms with van der Waals surface area (Å²) >= 11 is 0. The van der Waals surface area contributed by atoms with Crippen LogP contribution in [-0.4, -0.2) is 35.9 Å². The standard InChI is InChI=1S/C14H21N3O/c1-3-4-11-7-8-17(10-11)14(18)12-5-6-13(15-2)16-9-12/h5-6,9,11H,3-4,7-8,10H2,1-2H3,(H,15,16). The monoisotopic (exact) mass is 247 g/mol. The highest BCUT2D eigenvalue weighted by Crippen LogP contribution is 2.22. The van der Waals surface area contributed by atoms with Crippen LogP contribution in [0, 0.1) is 5.92 Å². The van der Waals surface area contributed by atoms with Gasteiger partial charge in [-0.25, -0.2) is 4.98 Å². The third-order valence-corrected chi connectivity index (χ3v) is 3.54. The average molecular weight is 247 g/mol. The zero-order valence-electron chi connectivity index (χ0n) is 11.1. The second-order valence-corrected chi connectivity index (χ2v) is 4.88. The molecule has 0 bridgehead atoms. The molecule has 1 unspecified atom stereocenters. The molecular formula is C14H21N3O. The van der Waals surface area contributed by atoms with Crippen molar-refractivity contribution in [2.75, 3.05) is 25.5 Å². The van der Waals surface area contributed by atoms with Gasteiger partial charge in [-0.2, -0.15) is 0 Å². The van der Waals surface area contributed by atoms with Crippen LogP contribution in [-0.2, 0) is 0 Å². The van der Waals surface area contributed by atoms with E-state index in [9.17, 15) is 4.79 Å². The van der Waals surface area contributed by atoms with E-state index in [1.807, 2.05) is 24.1 Å². The highest BCUT2D eigenvalue weighted by Gasteiger charge is 2.26. The van der Waals surface area contributed by atoms with Crippen LogP contribution in [0.1, 0.15) is 36.5 Å². The first kappa shape index (κ1) is 12.9. The molecule has 0 spiro atoms. The van der Waals surface area contributed by atoms with Crippen molar-refractivity contribution in [3.8, 4) is 0 Å². The lowest BCUT2D eigenvalue weighted by atomic mass is 10.0. The van der Waals surface area contributed by atoms with Crippen LogP contribution in [0.2, 0.25) is 0 Å². The molecule has 1 saturated heterocycles. The Balaban J connectivity index is 1.98. The molecule has 1 aromatic rings. The minimum Gasteiger partial charge on any atom is -0.373 e. The lowest BCUT2D eigenvalue weighted by Crippen LogP contribution is -2.28. The second-order valence-electron chi connectivity index (χ2n) is 4.88. The van der Waals surface area contributed by atoms with Gasteiger partial charge in [0.1, 0.15) is 5.82 Å². The number of nitrogens with one attached hydrogen (secondary N) is 1. The van der Waals surface area contributed by atoms with E-state index in [1.54, 1.807) is 6.20 Å². The molecule has 1 aliphatic rings. The van der Waals surface area contributed by atoms with Gasteiger partial charge in [0.15, 0.2) is 0 Å². The number of anilines is 1. The number of carbonyl (C=O) groups is 1. The van der Waals surface area contributed by atoms with E-state index in [-0.39, 0.29) is 5.91 Å². The molecule has 0 aliphatic carbocycles. The highest BCUT2D eigenvalue weighted by atomic mass is 16.2. The summed E-state index contributed by atoms with van der Waals surface area (Å²) in [7, 11) is 1.82. The molecule has 1 aromatic heterocycles. The molecule has 1 amide bonds. The third-order valence-electron chi connectivity index (χ3n) is 3.54. The zero-order valence-corrected chi connectivity index (χ0v) is 11.1. The molecule has 2 heterocycles. The lowest BCUT2D eigenvalue weighted by Gasteiger charge is -2.16. The summed E-state index contributed by atoms with van der Waals surface area (Å²) in [4.78, 5) is 18.4. The summed E-state index contributed by atoms with van der Waals surface area (Å²) < 4.78 is 0. The first-order chi connectivity index (χ1) is 8.74. The van der Waals surface area contributed by atoms with Crippen LogP contribution in [0.4, 0.5) is 5.82 Å². The first-order valence-corrected chi connectivity index (χ1v) is 6.67. The number of hydrogen-bond donors (Lipinski definition) is 1. The van der Waals surface area contributed by atoms with E-state index in [0.717, 1.165) is 25.3 Å². The summed E-state index contributed by atoms with van der Waals surface area (Å²) in [5.41, 5.74) is 0.686. The molecule has 98 valence electrons. The Morgan fingerprint density at radius 3 is 3.00 bits per heavy atom. The fourth-order valence-corrected chi connectivity index (χ4v) is 2.51. The van der Waals surface area contributed by atoms with E-state index in [4.69, 9.17) is 0 Å². The minimum absolute atomic E-state index is 0.115. The van der Waals surface area contributed by atoms with Crippen LogP contribution in [0.15, 0.2) is 18.3 Å². The predicted molar refractivity (Wildman–Crippen MR) is 72.7 cm³/mol. The van der Waals surface area contributed by atoms with Crippen molar-refractivity contribution < 1.29 is 4.79 Å². The van der Waals surface area contributed by atoms with Gasteiger partial charge in [0.25, 0.3) is 5.91 Å². The van der Waals surface area contributed by atoms with E-state index in [2.05, 4.69) is 17.2 Å². The number of carbonyl (C=O) groups excluding carboxylic acids is 1. The van der Waals surface area contributed by atoms with Gasteiger partial charge in [-0.15, -0.1) is 0 Å². The van der Waals surface area contributed by atoms with Crippen molar-refractivity contribution in [2.45, 2.75) is 26.2 Å². The largest absolute Gasteiger partial charge is 0.373 e. The minimum atomic E-state index is 0.115. The number of likely N-dealkylation sites (tertiary alicyclic amines) is 1. The van der Waals surface area contributed by atoms with Crippen molar-refractivity contribution in [3.05, 3.63) is 23.9 Å². The summed E-state index contributed by atoms with van der Waals surface area (Å²) in [6, 6.07) is 3.68. The Kier molecular flexibility index (Phi) is 4.18. The third kappa shape index (κ3) is 2.81. The Hall–Kier alpha value is -1.58. The Morgan fingerprint density at radius 1 is 1.56 bits per heavy atom. The summed E-state index contributed by atoms with van der Waals surface area (Å²) in [5.74, 6) is 1.59. The van der Waals surface area contributed by atoms with Crippen molar-refractivity contribution in [1.82, 2.24) is 9.88 Å². The van der Waals surface area contributed by atoms with Gasteiger partial charge in [-0.1, -0.05) is 13.3 Å². The Bertz CT molecular complexity index is 402. The smallest absolute Gasteiger partial charge is 0.255 e. The van der Waals surface area contributed by atoms with Crippen molar-refractivity contribution >= 4 is 11.7 Å². The van der Waals surface area contributed by atoms with E-state index < -0.39 is 0 Å². The van der Waals surface area contributed by atoms with Gasteiger partial charge in [0.05, 0.1) is 5.56 Å². The first-order valence-electron chi connectivity index (χ1n) is 6.67. The number of pyridine rings is 1. The molecule has 4 heteroatoms. The second kappa shape index (κ2) is 5.85. The molecule has 0 aromatic carbocycles. The van der Waals surface area contributed by atoms with Gasteiger partial charge >= 0.3 is 0 Å². The molecule has 1 atom stereocenters. The predicted octanol–water partition coefficient (Wildman–Crippen LogP) is 2.39. The van der Waals surface area contributed by atoms with E-state index >= 15 is 0 Å². The Labute approximate surface area is 108 Å². The van der Waals surface area contributed by atoms with Crippen molar-refractivity contribution in [2.24, 2.45) is 5.92 Å². The molecule has 0 saturated carbocycles. The van der Waals surface area contributed by atoms with Crippen LogP contribution >= 0.6 is 0 Å². The quantitative estimate of drug-likeness (QED) is 0.888. The van der Waals surface area contributed by atoms with Crippen LogP contribution in [0.3, 0.4) is 0 Å². The maximum Gasteiger partial charge on any atom is 0.255 e. The maximum atomic E-state index is 12.3. The summed E-state index contributed by atoms with van der Waals surface area (Å²) in [5, 5.41) is 2.95. The maximum absolute atomic E-state index is 12.3. The molecular weight excluding hydrogens is 226 g/mol. The van der Waals surface area contributed by atoms with Crippen molar-refractivity contribution in [1.29, 1.82) is 0 Å². The normalized spacial score (nSPS) is 19.0. The number of nitrogens with zero attached hydrogens (tertiary/aromatic N) is 2. The molecule has 18 heavy (non-hydrogen) atoms. The molecule has 1 fully saturated rings. The average Bonchev–Trinajstić information content (AvgIpc) is 2.87. The number of hydrogen-bond acceptors (Lipinski definition) is 3. The summed E-state index contributed by atoms with van der Waals surface area (Å²) in [6.45, 7) is 3.99. The van der Waals surface area contributed by atoms with Crippen molar-refractivity contribution in [3.63, 3.8) is 0 Å². The van der Waals surface area contributed by atoms with E-state index in [0.29, 0.717) is 11.5 Å². The topological polar surface area (TPSA) is 45.2 Å². The molecule has 1 aliphatic heterocycles. The highest BCUT2D eigenvalue weighted by molar-refractivity contribution is 5.94. The molecule has 1 N–H and O–H groups in total. The number of aromatic nitrogens is 1. The van der Waals surface area contributed by atoms with Gasteiger partial charge < -0.3 is 10.2 Å². The van der Waals surface area contributed by atoms with Crippen LogP contribution < -0.4 is 5.32 Å². The molecule has 2 rings (SSSR count). The zero-order chi connectivity index (χ0) is 13.0. The number of rotatable bonds is 4. The Morgan fingerprint density at radius 2 is 2.39 bits per heavy atom. The summed E-state index contributed by atoms with van der Waals surface area (Å²) in [6.07, 6.45) is 5.22. The lowest BCUT2D eigenvalue weighted by molar-refractivity contribution is 0.0786. The van der Waals surface area contributed by atoms with Gasteiger partial charge in [-0.05, 0) is 30.9 Å².